The highest BCUT2D eigenvalue weighted by molar-refractivity contribution is 7.99. The molecule has 0 saturated carbocycles. The van der Waals surface area contributed by atoms with Crippen molar-refractivity contribution >= 4 is 29.3 Å². The van der Waals surface area contributed by atoms with Gasteiger partial charge < -0.3 is 14.4 Å². The van der Waals surface area contributed by atoms with Crippen molar-refractivity contribution in [2.45, 2.75) is 11.5 Å². The van der Waals surface area contributed by atoms with E-state index >= 15 is 0 Å². The van der Waals surface area contributed by atoms with Crippen LogP contribution in [0.15, 0.2) is 45.9 Å². The van der Waals surface area contributed by atoms with Gasteiger partial charge in [0, 0.05) is 12.2 Å². The van der Waals surface area contributed by atoms with Crippen molar-refractivity contribution in [2.24, 2.45) is 0 Å². The normalized spacial score (nSPS) is 13.2. The largest absolute Gasteiger partial charge is 0.475 e. The highest BCUT2D eigenvalue weighted by atomic mass is 32.2. The van der Waals surface area contributed by atoms with Gasteiger partial charge in [0.1, 0.15) is 0 Å². The summed E-state index contributed by atoms with van der Waals surface area (Å²) in [5.74, 6) is -1.00. The van der Waals surface area contributed by atoms with Crippen LogP contribution in [-0.4, -0.2) is 29.3 Å². The predicted molar refractivity (Wildman–Crippen MR) is 78.9 cm³/mol. The molecule has 0 radical (unpaired) electrons. The summed E-state index contributed by atoms with van der Waals surface area (Å²) in [6.07, 6.45) is 0.872. The minimum atomic E-state index is -1.11. The van der Waals surface area contributed by atoms with E-state index in [-0.39, 0.29) is 17.4 Å². The Hall–Kier alpha value is -2.21. The molecule has 0 bridgehead atoms. The molecule has 0 atom stereocenters. The van der Waals surface area contributed by atoms with Gasteiger partial charge in [-0.25, -0.2) is 4.79 Å². The number of rotatable bonds is 4. The van der Waals surface area contributed by atoms with Gasteiger partial charge in [-0.2, -0.15) is 0 Å². The number of nitrogens with zero attached hydrogens (tertiary/aromatic N) is 1. The van der Waals surface area contributed by atoms with Crippen LogP contribution in [0.25, 0.3) is 0 Å². The van der Waals surface area contributed by atoms with Crippen LogP contribution < -0.4 is 4.90 Å². The van der Waals surface area contributed by atoms with E-state index in [1.807, 2.05) is 24.3 Å². The first kappa shape index (κ1) is 13.8. The number of benzene rings is 1. The summed E-state index contributed by atoms with van der Waals surface area (Å²) in [4.78, 5) is 24.8. The molecule has 108 valence electrons. The van der Waals surface area contributed by atoms with Crippen LogP contribution in [0, 0.1) is 0 Å². The number of para-hydroxylation sites is 1. The lowest BCUT2D eigenvalue weighted by atomic mass is 10.2. The number of amides is 1. The summed E-state index contributed by atoms with van der Waals surface area (Å²) >= 11 is 1.21. The number of hydrogen-bond donors (Lipinski definition) is 1. The molecule has 5 nitrogen and oxygen atoms in total. The van der Waals surface area contributed by atoms with Gasteiger partial charge in [0.25, 0.3) is 0 Å². The Morgan fingerprint density at radius 2 is 2.05 bits per heavy atom. The van der Waals surface area contributed by atoms with Gasteiger partial charge in [-0.05, 0) is 30.2 Å². The van der Waals surface area contributed by atoms with Gasteiger partial charge in [-0.3, -0.25) is 4.79 Å². The molecule has 0 spiro atoms. The highest BCUT2D eigenvalue weighted by Crippen LogP contribution is 2.29. The van der Waals surface area contributed by atoms with Gasteiger partial charge in [-0.15, -0.1) is 0 Å². The second kappa shape index (κ2) is 5.65. The van der Waals surface area contributed by atoms with E-state index < -0.39 is 5.97 Å². The number of carboxylic acids is 1. The van der Waals surface area contributed by atoms with Gasteiger partial charge in [0.2, 0.25) is 11.7 Å². The monoisotopic (exact) mass is 303 g/mol. The van der Waals surface area contributed by atoms with Crippen molar-refractivity contribution in [2.75, 3.05) is 17.2 Å². The first-order chi connectivity index (χ1) is 10.1. The smallest absolute Gasteiger partial charge is 0.371 e. The number of thioether (sulfide) groups is 1. The molecule has 1 amide bonds. The van der Waals surface area contributed by atoms with Crippen molar-refractivity contribution < 1.29 is 19.1 Å². The molecule has 1 aliphatic rings. The Morgan fingerprint density at radius 1 is 1.24 bits per heavy atom. The summed E-state index contributed by atoms with van der Waals surface area (Å²) in [5, 5.41) is 9.22. The second-order valence-electron chi connectivity index (χ2n) is 4.64. The Balaban J connectivity index is 1.63. The van der Waals surface area contributed by atoms with Gasteiger partial charge in [0.05, 0.1) is 5.75 Å². The summed E-state index contributed by atoms with van der Waals surface area (Å²) in [5.41, 5.74) is 2.15. The van der Waals surface area contributed by atoms with Crippen LogP contribution in [0.5, 0.6) is 0 Å². The summed E-state index contributed by atoms with van der Waals surface area (Å²) in [7, 11) is 0. The number of aromatic carboxylic acids is 1. The molecule has 0 saturated heterocycles. The Morgan fingerprint density at radius 3 is 2.81 bits per heavy atom. The zero-order valence-corrected chi connectivity index (χ0v) is 11.9. The molecule has 2 aromatic rings. The van der Waals surface area contributed by atoms with Crippen LogP contribution in [0.1, 0.15) is 16.1 Å². The van der Waals surface area contributed by atoms with Crippen LogP contribution in [0.4, 0.5) is 5.69 Å². The zero-order valence-electron chi connectivity index (χ0n) is 11.1. The average molecular weight is 303 g/mol. The summed E-state index contributed by atoms with van der Waals surface area (Å²) in [6.45, 7) is 0.692. The number of carbonyl (C=O) groups is 2. The number of furan rings is 1. The first-order valence-corrected chi connectivity index (χ1v) is 7.48. The average Bonchev–Trinajstić information content (AvgIpc) is 3.11. The summed E-state index contributed by atoms with van der Waals surface area (Å²) < 4.78 is 5.12. The minimum Gasteiger partial charge on any atom is -0.475 e. The van der Waals surface area contributed by atoms with E-state index in [1.54, 1.807) is 11.0 Å². The number of fused-ring (bicyclic) bond motifs is 1. The molecular weight excluding hydrogens is 290 g/mol. The van der Waals surface area contributed by atoms with Gasteiger partial charge in [0.15, 0.2) is 5.09 Å². The Bertz CT molecular complexity index is 694. The third-order valence-electron chi connectivity index (χ3n) is 3.32. The Kier molecular flexibility index (Phi) is 3.70. The molecule has 3 rings (SSSR count). The van der Waals surface area contributed by atoms with E-state index in [1.165, 1.54) is 23.4 Å². The summed E-state index contributed by atoms with van der Waals surface area (Å²) in [6, 6.07) is 10.8. The molecular formula is C15H13NO4S. The molecule has 6 heteroatoms. The lowest BCUT2D eigenvalue weighted by Gasteiger charge is -2.16. The van der Waals surface area contributed by atoms with Crippen LogP contribution >= 0.6 is 11.8 Å². The van der Waals surface area contributed by atoms with Crippen molar-refractivity contribution in [1.29, 1.82) is 0 Å². The molecule has 1 aromatic heterocycles. The van der Waals surface area contributed by atoms with Crippen molar-refractivity contribution in [3.05, 3.63) is 47.7 Å². The van der Waals surface area contributed by atoms with Gasteiger partial charge in [-0.1, -0.05) is 30.0 Å². The number of carboxylic acid groups (broad SMARTS) is 1. The SMILES string of the molecule is O=C(O)c1ccc(SCC(=O)N2CCc3ccccc32)o1. The quantitative estimate of drug-likeness (QED) is 0.879. The minimum absolute atomic E-state index is 0.00164. The lowest BCUT2D eigenvalue weighted by molar-refractivity contribution is -0.116. The molecule has 1 N–H and O–H groups in total. The van der Waals surface area contributed by atoms with E-state index in [0.717, 1.165) is 12.1 Å². The third-order valence-corrected chi connectivity index (χ3v) is 4.21. The van der Waals surface area contributed by atoms with E-state index in [0.29, 0.717) is 11.6 Å². The molecule has 21 heavy (non-hydrogen) atoms. The van der Waals surface area contributed by atoms with Crippen molar-refractivity contribution in [3.8, 4) is 0 Å². The molecule has 2 heterocycles. The first-order valence-electron chi connectivity index (χ1n) is 6.49. The standard InChI is InChI=1S/C15H13NO4S/c17-13(9-21-14-6-5-12(20-14)15(18)19)16-8-7-10-3-1-2-4-11(10)16/h1-6H,7-9H2,(H,18,19). The third kappa shape index (κ3) is 2.80. The molecule has 0 aliphatic carbocycles. The van der Waals surface area contributed by atoms with Crippen molar-refractivity contribution in [1.82, 2.24) is 0 Å². The molecule has 1 aromatic carbocycles. The number of hydrogen-bond acceptors (Lipinski definition) is 4. The van der Waals surface area contributed by atoms with E-state index in [4.69, 9.17) is 9.52 Å². The molecule has 0 fully saturated rings. The fraction of sp³-hybridized carbons (Fsp3) is 0.200. The van der Waals surface area contributed by atoms with E-state index in [9.17, 15) is 9.59 Å². The van der Waals surface area contributed by atoms with Crippen LogP contribution in [-0.2, 0) is 11.2 Å². The van der Waals surface area contributed by atoms with Crippen LogP contribution in [0.3, 0.4) is 0 Å². The second-order valence-corrected chi connectivity index (χ2v) is 5.62. The maximum Gasteiger partial charge on any atom is 0.371 e. The number of anilines is 1. The lowest BCUT2D eigenvalue weighted by Crippen LogP contribution is -2.30. The Labute approximate surface area is 125 Å². The molecule has 0 unspecified atom stereocenters. The topological polar surface area (TPSA) is 70.8 Å². The van der Waals surface area contributed by atoms with Gasteiger partial charge >= 0.3 is 5.97 Å². The zero-order chi connectivity index (χ0) is 14.8. The van der Waals surface area contributed by atoms with Crippen LogP contribution in [0.2, 0.25) is 0 Å². The van der Waals surface area contributed by atoms with Crippen molar-refractivity contribution in [3.63, 3.8) is 0 Å². The fourth-order valence-corrected chi connectivity index (χ4v) is 3.06. The highest BCUT2D eigenvalue weighted by Gasteiger charge is 2.24. The molecule has 1 aliphatic heterocycles. The maximum absolute atomic E-state index is 12.3. The fourth-order valence-electron chi connectivity index (χ4n) is 2.32. The number of carbonyl (C=O) groups excluding carboxylic acids is 1. The predicted octanol–water partition coefficient (Wildman–Crippen LogP) is 2.66. The van der Waals surface area contributed by atoms with E-state index in [2.05, 4.69) is 0 Å². The maximum atomic E-state index is 12.3.